The number of hydrogen-bond donors (Lipinski definition) is 2. The zero-order valence-corrected chi connectivity index (χ0v) is 17.5. The summed E-state index contributed by atoms with van der Waals surface area (Å²) in [6.45, 7) is 5.59. The van der Waals surface area contributed by atoms with Gasteiger partial charge in [0, 0.05) is 12.1 Å². The van der Waals surface area contributed by atoms with E-state index in [9.17, 15) is 14.7 Å². The van der Waals surface area contributed by atoms with Gasteiger partial charge in [0.2, 0.25) is 5.91 Å². The highest BCUT2D eigenvalue weighted by molar-refractivity contribution is 5.92. The average molecular weight is 411 g/mol. The largest absolute Gasteiger partial charge is 0.496 e. The Labute approximate surface area is 177 Å². The highest BCUT2D eigenvalue weighted by Crippen LogP contribution is 2.24. The van der Waals surface area contributed by atoms with E-state index in [0.717, 1.165) is 22.4 Å². The zero-order chi connectivity index (χ0) is 21.9. The lowest BCUT2D eigenvalue weighted by atomic mass is 10.00. The lowest BCUT2D eigenvalue weighted by Gasteiger charge is -2.14. The summed E-state index contributed by atoms with van der Waals surface area (Å²) in [5.41, 5.74) is 3.45. The zero-order valence-electron chi connectivity index (χ0n) is 17.5. The first-order valence-electron chi connectivity index (χ1n) is 9.91. The molecule has 0 saturated heterocycles. The quantitative estimate of drug-likeness (QED) is 0.429. The number of nitrogens with one attached hydrogen (secondary N) is 1. The first kappa shape index (κ1) is 23.2. The van der Waals surface area contributed by atoms with E-state index >= 15 is 0 Å². The number of methoxy groups -OCH3 is 1. The number of carbonyl (C=O) groups excluding carboxylic acids is 2. The van der Waals surface area contributed by atoms with Gasteiger partial charge in [-0.1, -0.05) is 36.9 Å². The Bertz CT molecular complexity index is 878. The average Bonchev–Trinajstić information content (AvgIpc) is 2.75. The summed E-state index contributed by atoms with van der Waals surface area (Å²) in [6.07, 6.45) is 2.08. The van der Waals surface area contributed by atoms with Gasteiger partial charge >= 0.3 is 5.97 Å². The number of aliphatic hydroxyl groups is 1. The van der Waals surface area contributed by atoms with Crippen molar-refractivity contribution in [3.05, 3.63) is 71.8 Å². The Morgan fingerprint density at radius 1 is 1.20 bits per heavy atom. The topological polar surface area (TPSA) is 84.9 Å². The number of amides is 1. The smallest absolute Gasteiger partial charge is 0.306 e. The van der Waals surface area contributed by atoms with Crippen LogP contribution < -0.4 is 10.1 Å². The molecule has 160 valence electrons. The number of rotatable bonds is 11. The van der Waals surface area contributed by atoms with Crippen LogP contribution >= 0.6 is 0 Å². The van der Waals surface area contributed by atoms with Gasteiger partial charge in [-0.3, -0.25) is 9.59 Å². The molecule has 6 heteroatoms. The van der Waals surface area contributed by atoms with Crippen molar-refractivity contribution in [2.24, 2.45) is 0 Å². The Balaban J connectivity index is 1.88. The van der Waals surface area contributed by atoms with Crippen LogP contribution in [0.2, 0.25) is 0 Å². The Kier molecular flexibility index (Phi) is 9.09. The number of esters is 1. The molecule has 0 aliphatic carbocycles. The fraction of sp³-hybridized carbons (Fsp3) is 0.333. The number of aryl methyl sites for hydroxylation is 2. The SMILES string of the molecule is C=CCOC(=O)CCC(=O)Nc1cccc([C@H](O)CCc2ccc(C)c(OC)c2)c1. The highest BCUT2D eigenvalue weighted by Gasteiger charge is 2.12. The molecule has 1 amide bonds. The van der Waals surface area contributed by atoms with Crippen molar-refractivity contribution in [3.8, 4) is 5.75 Å². The summed E-state index contributed by atoms with van der Waals surface area (Å²) in [6, 6.07) is 13.1. The van der Waals surface area contributed by atoms with E-state index in [0.29, 0.717) is 18.5 Å². The Hall–Kier alpha value is -3.12. The van der Waals surface area contributed by atoms with Crippen LogP contribution in [0, 0.1) is 6.92 Å². The second-order valence-electron chi connectivity index (χ2n) is 7.00. The van der Waals surface area contributed by atoms with Crippen molar-refractivity contribution < 1.29 is 24.2 Å². The van der Waals surface area contributed by atoms with Gasteiger partial charge in [0.25, 0.3) is 0 Å². The van der Waals surface area contributed by atoms with Gasteiger partial charge in [-0.2, -0.15) is 0 Å². The first-order valence-corrected chi connectivity index (χ1v) is 9.91. The van der Waals surface area contributed by atoms with E-state index in [-0.39, 0.29) is 25.4 Å². The standard InChI is InChI=1S/C24H29NO5/c1-4-14-30-24(28)13-12-23(27)25-20-7-5-6-19(16-20)21(26)11-10-18-9-8-17(2)22(15-18)29-3/h4-9,15-16,21,26H,1,10-14H2,2-3H3,(H,25,27)/t21-/m1/s1. The molecule has 0 saturated carbocycles. The van der Waals surface area contributed by atoms with Gasteiger partial charge in [0.05, 0.1) is 19.6 Å². The number of hydrogen-bond acceptors (Lipinski definition) is 5. The minimum Gasteiger partial charge on any atom is -0.496 e. The summed E-state index contributed by atoms with van der Waals surface area (Å²) < 4.78 is 10.2. The van der Waals surface area contributed by atoms with E-state index in [1.807, 2.05) is 31.2 Å². The van der Waals surface area contributed by atoms with Crippen LogP contribution in [0.1, 0.15) is 42.1 Å². The van der Waals surface area contributed by atoms with Gasteiger partial charge in [-0.15, -0.1) is 0 Å². The molecule has 0 heterocycles. The third kappa shape index (κ3) is 7.37. The number of anilines is 1. The first-order chi connectivity index (χ1) is 14.4. The van der Waals surface area contributed by atoms with Crippen molar-refractivity contribution in [3.63, 3.8) is 0 Å². The molecule has 2 rings (SSSR count). The number of carbonyl (C=O) groups is 2. The second-order valence-corrected chi connectivity index (χ2v) is 7.00. The van der Waals surface area contributed by atoms with Crippen molar-refractivity contribution in [2.75, 3.05) is 19.0 Å². The molecule has 0 aliphatic rings. The molecule has 30 heavy (non-hydrogen) atoms. The third-order valence-electron chi connectivity index (χ3n) is 4.65. The van der Waals surface area contributed by atoms with Crippen molar-refractivity contribution >= 4 is 17.6 Å². The summed E-state index contributed by atoms with van der Waals surface area (Å²) in [4.78, 5) is 23.5. The van der Waals surface area contributed by atoms with E-state index in [1.54, 1.807) is 25.3 Å². The van der Waals surface area contributed by atoms with E-state index in [2.05, 4.69) is 11.9 Å². The minimum atomic E-state index is -0.664. The molecule has 0 spiro atoms. The molecule has 0 aliphatic heterocycles. The molecular weight excluding hydrogens is 382 g/mol. The van der Waals surface area contributed by atoms with Crippen LogP contribution in [0.25, 0.3) is 0 Å². The number of benzene rings is 2. The molecule has 2 N–H and O–H groups in total. The molecule has 1 atom stereocenters. The summed E-state index contributed by atoms with van der Waals surface area (Å²) >= 11 is 0. The highest BCUT2D eigenvalue weighted by atomic mass is 16.5. The molecule has 0 radical (unpaired) electrons. The van der Waals surface area contributed by atoms with Crippen LogP contribution in [-0.4, -0.2) is 30.7 Å². The fourth-order valence-corrected chi connectivity index (χ4v) is 2.98. The molecule has 0 unspecified atom stereocenters. The summed E-state index contributed by atoms with van der Waals surface area (Å²) in [5, 5.41) is 13.3. The lowest BCUT2D eigenvalue weighted by Crippen LogP contribution is -2.15. The monoisotopic (exact) mass is 411 g/mol. The van der Waals surface area contributed by atoms with Gasteiger partial charge in [0.1, 0.15) is 12.4 Å². The van der Waals surface area contributed by atoms with Gasteiger partial charge in [-0.25, -0.2) is 0 Å². The second kappa shape index (κ2) is 11.8. The molecular formula is C24H29NO5. The fourth-order valence-electron chi connectivity index (χ4n) is 2.98. The molecule has 0 bridgehead atoms. The van der Waals surface area contributed by atoms with Gasteiger partial charge in [-0.05, 0) is 54.7 Å². The third-order valence-corrected chi connectivity index (χ3v) is 4.65. The van der Waals surface area contributed by atoms with Crippen molar-refractivity contribution in [1.29, 1.82) is 0 Å². The van der Waals surface area contributed by atoms with Crippen LogP contribution in [0.5, 0.6) is 5.75 Å². The van der Waals surface area contributed by atoms with Crippen molar-refractivity contribution in [2.45, 2.75) is 38.7 Å². The van der Waals surface area contributed by atoms with Crippen LogP contribution in [0.3, 0.4) is 0 Å². The van der Waals surface area contributed by atoms with Crippen LogP contribution in [0.4, 0.5) is 5.69 Å². The molecule has 0 fully saturated rings. The summed E-state index contributed by atoms with van der Waals surface area (Å²) in [7, 11) is 1.64. The van der Waals surface area contributed by atoms with E-state index in [4.69, 9.17) is 9.47 Å². The molecule has 2 aromatic rings. The normalized spacial score (nSPS) is 11.4. The van der Waals surface area contributed by atoms with E-state index in [1.165, 1.54) is 6.08 Å². The molecule has 0 aromatic heterocycles. The molecule has 6 nitrogen and oxygen atoms in total. The van der Waals surface area contributed by atoms with Crippen LogP contribution in [0.15, 0.2) is 55.1 Å². The maximum Gasteiger partial charge on any atom is 0.306 e. The lowest BCUT2D eigenvalue weighted by molar-refractivity contribution is -0.143. The van der Waals surface area contributed by atoms with Gasteiger partial charge in [0.15, 0.2) is 0 Å². The van der Waals surface area contributed by atoms with Crippen LogP contribution in [-0.2, 0) is 20.7 Å². The predicted molar refractivity (Wildman–Crippen MR) is 116 cm³/mol. The molecule has 2 aromatic carbocycles. The maximum absolute atomic E-state index is 12.1. The van der Waals surface area contributed by atoms with E-state index < -0.39 is 12.1 Å². The predicted octanol–water partition coefficient (Wildman–Crippen LogP) is 4.12. The summed E-state index contributed by atoms with van der Waals surface area (Å²) in [5.74, 6) is 0.103. The van der Waals surface area contributed by atoms with Crippen molar-refractivity contribution in [1.82, 2.24) is 0 Å². The minimum absolute atomic E-state index is 0.00199. The Morgan fingerprint density at radius 3 is 2.73 bits per heavy atom. The maximum atomic E-state index is 12.1. The van der Waals surface area contributed by atoms with Gasteiger partial charge < -0.3 is 19.9 Å². The Morgan fingerprint density at radius 2 is 2.00 bits per heavy atom. The number of aliphatic hydroxyl groups excluding tert-OH is 1. The number of ether oxygens (including phenoxy) is 2.